The van der Waals surface area contributed by atoms with E-state index in [1.165, 1.54) is 13.0 Å². The second kappa shape index (κ2) is 6.35. The van der Waals surface area contributed by atoms with E-state index in [1.807, 2.05) is 5.32 Å². The summed E-state index contributed by atoms with van der Waals surface area (Å²) in [5, 5.41) is 22.3. The molecular formula is C11H12ClFN2O4. The van der Waals surface area contributed by atoms with Crippen molar-refractivity contribution in [1.29, 1.82) is 0 Å². The van der Waals surface area contributed by atoms with Crippen LogP contribution in [0.15, 0.2) is 18.2 Å². The summed E-state index contributed by atoms with van der Waals surface area (Å²) in [6.07, 6.45) is -1.29. The van der Waals surface area contributed by atoms with E-state index in [9.17, 15) is 19.1 Å². The number of amides is 2. The summed E-state index contributed by atoms with van der Waals surface area (Å²) in [6, 6.07) is 0.949. The van der Waals surface area contributed by atoms with E-state index in [2.05, 4.69) is 5.32 Å². The Morgan fingerprint density at radius 1 is 1.42 bits per heavy atom. The van der Waals surface area contributed by atoms with Crippen molar-refractivity contribution < 1.29 is 24.2 Å². The van der Waals surface area contributed by atoms with E-state index < -0.39 is 30.0 Å². The van der Waals surface area contributed by atoms with Gasteiger partial charge in [-0.2, -0.15) is 0 Å². The number of rotatable bonds is 4. The highest BCUT2D eigenvalue weighted by atomic mass is 35.5. The second-order valence-electron chi connectivity index (χ2n) is 3.78. The van der Waals surface area contributed by atoms with Gasteiger partial charge < -0.3 is 20.8 Å². The Balaban J connectivity index is 2.74. The lowest BCUT2D eigenvalue weighted by Gasteiger charge is -2.17. The maximum absolute atomic E-state index is 13.0. The lowest BCUT2D eigenvalue weighted by molar-refractivity contribution is -0.141. The molecule has 0 bridgehead atoms. The molecule has 0 heterocycles. The molecule has 0 spiro atoms. The summed E-state index contributed by atoms with van der Waals surface area (Å²) < 4.78 is 13.0. The minimum Gasteiger partial charge on any atom is -0.480 e. The van der Waals surface area contributed by atoms with Crippen LogP contribution in [0.3, 0.4) is 0 Å². The van der Waals surface area contributed by atoms with Crippen LogP contribution in [0, 0.1) is 5.82 Å². The first-order valence-electron chi connectivity index (χ1n) is 5.24. The molecule has 104 valence electrons. The molecule has 0 unspecified atom stereocenters. The minimum atomic E-state index is -1.48. The predicted octanol–water partition coefficient (Wildman–Crippen LogP) is 1.43. The highest BCUT2D eigenvalue weighted by molar-refractivity contribution is 6.33. The van der Waals surface area contributed by atoms with E-state index in [4.69, 9.17) is 16.7 Å². The molecule has 6 nitrogen and oxygen atoms in total. The number of aliphatic hydroxyl groups is 1. The Hall–Kier alpha value is -1.86. The number of halogens is 2. The summed E-state index contributed by atoms with van der Waals surface area (Å²) in [7, 11) is 0. The van der Waals surface area contributed by atoms with E-state index in [-0.39, 0.29) is 10.7 Å². The number of aliphatic hydroxyl groups excluding tert-OH is 1. The number of carbonyl (C=O) groups is 2. The van der Waals surface area contributed by atoms with Gasteiger partial charge in [-0.1, -0.05) is 11.6 Å². The first kappa shape index (κ1) is 15.2. The van der Waals surface area contributed by atoms with Gasteiger partial charge in [0, 0.05) is 0 Å². The lowest BCUT2D eigenvalue weighted by Crippen LogP contribution is -2.49. The van der Waals surface area contributed by atoms with Crippen LogP contribution < -0.4 is 10.6 Å². The molecule has 0 aliphatic carbocycles. The van der Waals surface area contributed by atoms with Gasteiger partial charge >= 0.3 is 12.0 Å². The van der Waals surface area contributed by atoms with Gasteiger partial charge in [0.25, 0.3) is 0 Å². The number of carboxylic acids is 1. The Morgan fingerprint density at radius 3 is 2.58 bits per heavy atom. The average Bonchev–Trinajstić information content (AvgIpc) is 2.30. The van der Waals surface area contributed by atoms with Crippen molar-refractivity contribution in [2.24, 2.45) is 0 Å². The SMILES string of the molecule is C[C@@H](O)[C@H](NC(=O)Nc1cc(F)ccc1Cl)C(=O)O. The zero-order valence-corrected chi connectivity index (χ0v) is 10.6. The number of hydrogen-bond donors (Lipinski definition) is 4. The molecule has 0 aliphatic rings. The summed E-state index contributed by atoms with van der Waals surface area (Å²) in [5.41, 5.74) is -0.00565. The second-order valence-corrected chi connectivity index (χ2v) is 4.19. The molecule has 0 saturated carbocycles. The lowest BCUT2D eigenvalue weighted by atomic mass is 10.2. The Morgan fingerprint density at radius 2 is 2.05 bits per heavy atom. The Labute approximate surface area is 113 Å². The quantitative estimate of drug-likeness (QED) is 0.674. The van der Waals surface area contributed by atoms with Crippen molar-refractivity contribution in [3.63, 3.8) is 0 Å². The average molecular weight is 291 g/mol. The van der Waals surface area contributed by atoms with E-state index in [1.54, 1.807) is 0 Å². The van der Waals surface area contributed by atoms with E-state index >= 15 is 0 Å². The number of benzene rings is 1. The standard InChI is InChI=1S/C11H12ClFN2O4/c1-5(16)9(10(17)18)15-11(19)14-8-4-6(13)2-3-7(8)12/h2-5,9,16H,1H3,(H,17,18)(H2,14,15,19)/t5-,9+/m1/s1. The van der Waals surface area contributed by atoms with Crippen molar-refractivity contribution in [1.82, 2.24) is 5.32 Å². The normalized spacial score (nSPS) is 13.5. The molecule has 19 heavy (non-hydrogen) atoms. The van der Waals surface area contributed by atoms with Gasteiger partial charge in [0.2, 0.25) is 0 Å². The van der Waals surface area contributed by atoms with Crippen LogP contribution in [0.4, 0.5) is 14.9 Å². The van der Waals surface area contributed by atoms with Crippen molar-refractivity contribution in [3.8, 4) is 0 Å². The monoisotopic (exact) mass is 290 g/mol. The molecule has 1 aromatic rings. The highest BCUT2D eigenvalue weighted by Crippen LogP contribution is 2.22. The maximum atomic E-state index is 13.0. The summed E-state index contributed by atoms with van der Waals surface area (Å²) >= 11 is 5.73. The van der Waals surface area contributed by atoms with Crippen molar-refractivity contribution in [3.05, 3.63) is 29.0 Å². The molecule has 0 radical (unpaired) electrons. The van der Waals surface area contributed by atoms with Crippen molar-refractivity contribution in [2.75, 3.05) is 5.32 Å². The van der Waals surface area contributed by atoms with Crippen molar-refractivity contribution >= 4 is 29.3 Å². The van der Waals surface area contributed by atoms with Gasteiger partial charge in [-0.15, -0.1) is 0 Å². The number of nitrogens with one attached hydrogen (secondary N) is 2. The summed E-state index contributed by atoms with van der Waals surface area (Å²) in [4.78, 5) is 22.3. The molecule has 0 saturated heterocycles. The van der Waals surface area contributed by atoms with Crippen LogP contribution in [0.2, 0.25) is 5.02 Å². The number of urea groups is 1. The third-order valence-electron chi connectivity index (χ3n) is 2.21. The zero-order chi connectivity index (χ0) is 14.6. The number of hydrogen-bond acceptors (Lipinski definition) is 3. The summed E-state index contributed by atoms with van der Waals surface area (Å²) in [5.74, 6) is -2.00. The number of aliphatic carboxylic acids is 1. The van der Waals surface area contributed by atoms with Crippen LogP contribution in [0.1, 0.15) is 6.92 Å². The van der Waals surface area contributed by atoms with Gasteiger partial charge in [-0.05, 0) is 25.1 Å². The largest absolute Gasteiger partial charge is 0.480 e. The fourth-order valence-corrected chi connectivity index (χ4v) is 1.45. The van der Waals surface area contributed by atoms with Crippen LogP contribution >= 0.6 is 11.6 Å². The molecule has 0 aliphatic heterocycles. The molecule has 0 fully saturated rings. The third-order valence-corrected chi connectivity index (χ3v) is 2.54. The number of carboxylic acid groups (broad SMARTS) is 1. The van der Waals surface area contributed by atoms with E-state index in [0.717, 1.165) is 12.1 Å². The molecule has 0 aromatic heterocycles. The first-order chi connectivity index (χ1) is 8.81. The van der Waals surface area contributed by atoms with Crippen LogP contribution in [0.5, 0.6) is 0 Å². The topological polar surface area (TPSA) is 98.7 Å². The van der Waals surface area contributed by atoms with Gasteiger partial charge in [0.1, 0.15) is 5.82 Å². The van der Waals surface area contributed by atoms with Gasteiger partial charge in [0.15, 0.2) is 6.04 Å². The van der Waals surface area contributed by atoms with E-state index in [0.29, 0.717) is 0 Å². The zero-order valence-electron chi connectivity index (χ0n) is 9.85. The Bertz CT molecular complexity index is 496. The highest BCUT2D eigenvalue weighted by Gasteiger charge is 2.25. The number of carbonyl (C=O) groups excluding carboxylic acids is 1. The van der Waals surface area contributed by atoms with Gasteiger partial charge in [-0.3, -0.25) is 0 Å². The molecule has 2 atom stereocenters. The molecule has 8 heteroatoms. The smallest absolute Gasteiger partial charge is 0.328 e. The molecule has 4 N–H and O–H groups in total. The van der Waals surface area contributed by atoms with Crippen LogP contribution in [-0.4, -0.2) is 34.4 Å². The number of anilines is 1. The molecule has 1 rings (SSSR count). The Kier molecular flexibility index (Phi) is 5.08. The fraction of sp³-hybridized carbons (Fsp3) is 0.273. The van der Waals surface area contributed by atoms with Gasteiger partial charge in [0.05, 0.1) is 16.8 Å². The fourth-order valence-electron chi connectivity index (χ4n) is 1.28. The van der Waals surface area contributed by atoms with Crippen molar-refractivity contribution in [2.45, 2.75) is 19.1 Å². The molecule has 2 amide bonds. The molecule has 1 aromatic carbocycles. The minimum absolute atomic E-state index is 0.00565. The van der Waals surface area contributed by atoms with Crippen LogP contribution in [-0.2, 0) is 4.79 Å². The first-order valence-corrected chi connectivity index (χ1v) is 5.62. The van der Waals surface area contributed by atoms with Gasteiger partial charge in [-0.25, -0.2) is 14.0 Å². The third kappa shape index (κ3) is 4.38. The predicted molar refractivity (Wildman–Crippen MR) is 66.7 cm³/mol. The maximum Gasteiger partial charge on any atom is 0.328 e. The van der Waals surface area contributed by atoms with Crippen LogP contribution in [0.25, 0.3) is 0 Å². The molecular weight excluding hydrogens is 279 g/mol. The summed E-state index contributed by atoms with van der Waals surface area (Å²) in [6.45, 7) is 1.22.